The zero-order valence-corrected chi connectivity index (χ0v) is 11.6. The lowest BCUT2D eigenvalue weighted by atomic mass is 10.0. The number of hydrogen-bond acceptors (Lipinski definition) is 3. The summed E-state index contributed by atoms with van der Waals surface area (Å²) in [5.74, 6) is 0.746. The molecule has 2 unspecified atom stereocenters. The Hall–Kier alpha value is -1.46. The van der Waals surface area contributed by atoms with E-state index >= 15 is 0 Å². The number of aliphatic hydroxyl groups is 1. The Kier molecular flexibility index (Phi) is 4.73. The number of nitrogens with one attached hydrogen (secondary N) is 1. The van der Waals surface area contributed by atoms with Gasteiger partial charge in [-0.2, -0.15) is 0 Å². The summed E-state index contributed by atoms with van der Waals surface area (Å²) < 4.78 is 30.4. The zero-order valence-electron chi connectivity index (χ0n) is 11.6. The minimum atomic E-state index is -2.74. The summed E-state index contributed by atoms with van der Waals surface area (Å²) in [5.41, 5.74) is 1.87. The molecule has 2 aromatic rings. The Balaban J connectivity index is 2.19. The predicted octanol–water partition coefficient (Wildman–Crippen LogP) is 3.27. The molecule has 2 N–H and O–H groups in total. The SMILES string of the molecule is CCc1c(C(C)NCC(O)C(F)F)oc2ccccc12. The van der Waals surface area contributed by atoms with Gasteiger partial charge in [0.05, 0.1) is 6.04 Å². The van der Waals surface area contributed by atoms with Gasteiger partial charge in [-0.3, -0.25) is 0 Å². The van der Waals surface area contributed by atoms with Crippen LogP contribution in [-0.2, 0) is 6.42 Å². The fourth-order valence-corrected chi connectivity index (χ4v) is 2.31. The monoisotopic (exact) mass is 283 g/mol. The van der Waals surface area contributed by atoms with Crippen molar-refractivity contribution in [1.29, 1.82) is 0 Å². The standard InChI is InChI=1S/C15H19F2NO2/c1-3-10-11-6-4-5-7-13(11)20-14(10)9(2)18-8-12(19)15(16)17/h4-7,9,12,15,18-19H,3,8H2,1-2H3. The Morgan fingerprint density at radius 1 is 1.30 bits per heavy atom. The molecule has 5 heteroatoms. The van der Waals surface area contributed by atoms with Crippen molar-refractivity contribution < 1.29 is 18.3 Å². The minimum Gasteiger partial charge on any atom is -0.459 e. The molecule has 0 bridgehead atoms. The van der Waals surface area contributed by atoms with Gasteiger partial charge in [0.2, 0.25) is 0 Å². The second-order valence-electron chi connectivity index (χ2n) is 4.83. The van der Waals surface area contributed by atoms with Crippen LogP contribution in [0.15, 0.2) is 28.7 Å². The minimum absolute atomic E-state index is 0.168. The normalized spacial score (nSPS) is 14.9. The molecule has 0 saturated heterocycles. The third-order valence-corrected chi connectivity index (χ3v) is 3.40. The van der Waals surface area contributed by atoms with Gasteiger partial charge in [0, 0.05) is 17.5 Å². The number of rotatable bonds is 6. The Morgan fingerprint density at radius 3 is 2.65 bits per heavy atom. The molecular formula is C15H19F2NO2. The molecule has 1 heterocycles. The molecule has 0 spiro atoms. The molecule has 0 fully saturated rings. The number of alkyl halides is 2. The van der Waals surface area contributed by atoms with Crippen molar-refractivity contribution in [3.05, 3.63) is 35.6 Å². The first-order valence-corrected chi connectivity index (χ1v) is 6.74. The topological polar surface area (TPSA) is 45.4 Å². The Labute approximate surface area is 116 Å². The number of para-hydroxylation sites is 1. The molecular weight excluding hydrogens is 264 g/mol. The van der Waals surface area contributed by atoms with Gasteiger partial charge in [0.1, 0.15) is 17.4 Å². The van der Waals surface area contributed by atoms with Crippen molar-refractivity contribution in [3.63, 3.8) is 0 Å². The van der Waals surface area contributed by atoms with Crippen LogP contribution in [0.2, 0.25) is 0 Å². The third kappa shape index (κ3) is 2.99. The maximum atomic E-state index is 12.3. The summed E-state index contributed by atoms with van der Waals surface area (Å²) in [6.45, 7) is 3.70. The van der Waals surface area contributed by atoms with Gasteiger partial charge in [-0.1, -0.05) is 25.1 Å². The number of fused-ring (bicyclic) bond motifs is 1. The van der Waals surface area contributed by atoms with Crippen molar-refractivity contribution in [2.75, 3.05) is 6.54 Å². The molecule has 20 heavy (non-hydrogen) atoms. The molecule has 0 amide bonds. The fraction of sp³-hybridized carbons (Fsp3) is 0.467. The summed E-state index contributed by atoms with van der Waals surface area (Å²) in [4.78, 5) is 0. The van der Waals surface area contributed by atoms with Crippen molar-refractivity contribution in [2.24, 2.45) is 0 Å². The van der Waals surface area contributed by atoms with Crippen molar-refractivity contribution in [2.45, 2.75) is 38.8 Å². The van der Waals surface area contributed by atoms with Crippen molar-refractivity contribution >= 4 is 11.0 Å². The molecule has 0 saturated carbocycles. The number of aliphatic hydroxyl groups excluding tert-OH is 1. The average Bonchev–Trinajstić information content (AvgIpc) is 2.82. The lowest BCUT2D eigenvalue weighted by Crippen LogP contribution is -2.33. The van der Waals surface area contributed by atoms with E-state index < -0.39 is 12.5 Å². The lowest BCUT2D eigenvalue weighted by molar-refractivity contribution is -0.00467. The number of benzene rings is 1. The predicted molar refractivity (Wildman–Crippen MR) is 74.0 cm³/mol. The maximum Gasteiger partial charge on any atom is 0.265 e. The van der Waals surface area contributed by atoms with E-state index in [1.54, 1.807) is 0 Å². The van der Waals surface area contributed by atoms with Crippen LogP contribution in [0.4, 0.5) is 8.78 Å². The summed E-state index contributed by atoms with van der Waals surface area (Å²) >= 11 is 0. The van der Waals surface area contributed by atoms with Crippen LogP contribution in [0.25, 0.3) is 11.0 Å². The highest BCUT2D eigenvalue weighted by molar-refractivity contribution is 5.82. The first kappa shape index (κ1) is 14.9. The van der Waals surface area contributed by atoms with E-state index in [0.29, 0.717) is 0 Å². The van der Waals surface area contributed by atoms with Crippen molar-refractivity contribution in [1.82, 2.24) is 5.32 Å². The molecule has 2 rings (SSSR count). The molecule has 3 nitrogen and oxygen atoms in total. The van der Waals surface area contributed by atoms with E-state index in [1.807, 2.05) is 38.1 Å². The van der Waals surface area contributed by atoms with Crippen LogP contribution in [0, 0.1) is 0 Å². The van der Waals surface area contributed by atoms with Crippen LogP contribution in [-0.4, -0.2) is 24.2 Å². The second kappa shape index (κ2) is 6.33. The molecule has 0 aliphatic carbocycles. The van der Waals surface area contributed by atoms with Gasteiger partial charge in [-0.15, -0.1) is 0 Å². The summed E-state index contributed by atoms with van der Waals surface area (Å²) in [6, 6.07) is 7.49. The summed E-state index contributed by atoms with van der Waals surface area (Å²) in [6.07, 6.45) is -3.60. The summed E-state index contributed by atoms with van der Waals surface area (Å²) in [7, 11) is 0. The fourth-order valence-electron chi connectivity index (χ4n) is 2.31. The van der Waals surface area contributed by atoms with Gasteiger partial charge in [-0.05, 0) is 19.4 Å². The highest BCUT2D eigenvalue weighted by Crippen LogP contribution is 2.30. The molecule has 1 aromatic heterocycles. The molecule has 110 valence electrons. The highest BCUT2D eigenvalue weighted by Gasteiger charge is 2.21. The van der Waals surface area contributed by atoms with E-state index in [2.05, 4.69) is 5.32 Å². The average molecular weight is 283 g/mol. The molecule has 0 aliphatic rings. The van der Waals surface area contributed by atoms with E-state index in [9.17, 15) is 8.78 Å². The lowest BCUT2D eigenvalue weighted by Gasteiger charge is -2.16. The van der Waals surface area contributed by atoms with E-state index in [0.717, 1.165) is 28.7 Å². The zero-order chi connectivity index (χ0) is 14.7. The molecule has 0 aliphatic heterocycles. The van der Waals surface area contributed by atoms with Gasteiger partial charge in [-0.25, -0.2) is 8.78 Å². The quantitative estimate of drug-likeness (QED) is 0.855. The van der Waals surface area contributed by atoms with Gasteiger partial charge in [0.15, 0.2) is 0 Å². The first-order valence-electron chi connectivity index (χ1n) is 6.74. The number of hydrogen-bond donors (Lipinski definition) is 2. The third-order valence-electron chi connectivity index (χ3n) is 3.40. The van der Waals surface area contributed by atoms with Gasteiger partial charge in [0.25, 0.3) is 6.43 Å². The van der Waals surface area contributed by atoms with Crippen LogP contribution in [0.5, 0.6) is 0 Å². The van der Waals surface area contributed by atoms with E-state index in [1.165, 1.54) is 0 Å². The van der Waals surface area contributed by atoms with E-state index in [-0.39, 0.29) is 12.6 Å². The maximum absolute atomic E-state index is 12.3. The molecule has 1 aromatic carbocycles. The van der Waals surface area contributed by atoms with Crippen LogP contribution in [0.1, 0.15) is 31.2 Å². The number of halogens is 2. The van der Waals surface area contributed by atoms with Crippen LogP contribution >= 0.6 is 0 Å². The Bertz CT molecular complexity index is 568. The van der Waals surface area contributed by atoms with Crippen LogP contribution in [0.3, 0.4) is 0 Å². The molecule has 0 radical (unpaired) electrons. The van der Waals surface area contributed by atoms with Crippen LogP contribution < -0.4 is 5.32 Å². The van der Waals surface area contributed by atoms with Gasteiger partial charge >= 0.3 is 0 Å². The summed E-state index contributed by atoms with van der Waals surface area (Å²) in [5, 5.41) is 13.1. The van der Waals surface area contributed by atoms with Crippen molar-refractivity contribution in [3.8, 4) is 0 Å². The highest BCUT2D eigenvalue weighted by atomic mass is 19.3. The first-order chi connectivity index (χ1) is 9.54. The molecule has 2 atom stereocenters. The van der Waals surface area contributed by atoms with Gasteiger partial charge < -0.3 is 14.8 Å². The smallest absolute Gasteiger partial charge is 0.265 e. The van der Waals surface area contributed by atoms with E-state index in [4.69, 9.17) is 9.52 Å². The Morgan fingerprint density at radius 2 is 2.00 bits per heavy atom. The largest absolute Gasteiger partial charge is 0.459 e. The number of furan rings is 1. The second-order valence-corrected chi connectivity index (χ2v) is 4.83. The number of aryl methyl sites for hydroxylation is 1.